The molecule has 27 heavy (non-hydrogen) atoms. The van der Waals surface area contributed by atoms with Crippen LogP contribution >= 0.6 is 0 Å². The first-order valence-electron chi connectivity index (χ1n) is 10.0. The molecule has 3 rings (SSSR count). The second-order valence-electron chi connectivity index (χ2n) is 7.65. The molecule has 1 heterocycles. The third kappa shape index (κ3) is 4.71. The zero-order valence-electron chi connectivity index (χ0n) is 17.1. The lowest BCUT2D eigenvalue weighted by molar-refractivity contribution is 0.430. The summed E-state index contributed by atoms with van der Waals surface area (Å²) in [5.74, 6) is 2.35. The molecule has 1 aromatic heterocycles. The summed E-state index contributed by atoms with van der Waals surface area (Å²) in [4.78, 5) is 9.10. The number of hydrogen-bond acceptors (Lipinski definition) is 3. The smallest absolute Gasteiger partial charge is 0.216 e. The standard InChI is InChI=1S/C22H32N4O/c1-5-23-21(24-14-20-26-17(3)18(4)27-20)25-15-22(11-6-7-12-22)19-10-8-9-16(2)13-19/h8-10,13H,5-7,11-12,14-15H2,1-4H3,(H2,23,24,25). The maximum absolute atomic E-state index is 5.65. The Morgan fingerprint density at radius 3 is 2.59 bits per heavy atom. The van der Waals surface area contributed by atoms with Gasteiger partial charge in [-0.2, -0.15) is 0 Å². The lowest BCUT2D eigenvalue weighted by Crippen LogP contribution is -2.44. The highest BCUT2D eigenvalue weighted by Gasteiger charge is 2.35. The van der Waals surface area contributed by atoms with Crippen LogP contribution in [-0.2, 0) is 12.0 Å². The van der Waals surface area contributed by atoms with E-state index in [1.54, 1.807) is 0 Å². The van der Waals surface area contributed by atoms with Crippen LogP contribution in [0.4, 0.5) is 0 Å². The van der Waals surface area contributed by atoms with Crippen LogP contribution in [0.25, 0.3) is 0 Å². The van der Waals surface area contributed by atoms with E-state index >= 15 is 0 Å². The monoisotopic (exact) mass is 368 g/mol. The molecular weight excluding hydrogens is 336 g/mol. The first-order chi connectivity index (χ1) is 13.0. The summed E-state index contributed by atoms with van der Waals surface area (Å²) in [5.41, 5.74) is 3.90. The molecule has 5 nitrogen and oxygen atoms in total. The quantitative estimate of drug-likeness (QED) is 0.593. The molecule has 0 atom stereocenters. The number of benzene rings is 1. The molecule has 146 valence electrons. The molecule has 0 amide bonds. The first-order valence-corrected chi connectivity index (χ1v) is 10.0. The summed E-state index contributed by atoms with van der Waals surface area (Å²) in [6, 6.07) is 8.97. The zero-order valence-corrected chi connectivity index (χ0v) is 17.1. The number of aryl methyl sites for hydroxylation is 3. The Balaban J connectivity index is 1.72. The molecule has 1 aromatic carbocycles. The minimum absolute atomic E-state index is 0.193. The average molecular weight is 369 g/mol. The van der Waals surface area contributed by atoms with Crippen LogP contribution in [0.1, 0.15) is 61.1 Å². The highest BCUT2D eigenvalue weighted by Crippen LogP contribution is 2.40. The Hall–Kier alpha value is -2.30. The van der Waals surface area contributed by atoms with Crippen molar-refractivity contribution < 1.29 is 4.42 Å². The van der Waals surface area contributed by atoms with Gasteiger partial charge in [0.25, 0.3) is 0 Å². The fourth-order valence-electron chi connectivity index (χ4n) is 3.94. The van der Waals surface area contributed by atoms with Crippen molar-refractivity contribution in [3.8, 4) is 0 Å². The highest BCUT2D eigenvalue weighted by molar-refractivity contribution is 5.79. The second kappa shape index (κ2) is 8.59. The molecule has 0 aliphatic heterocycles. The topological polar surface area (TPSA) is 62.5 Å². The molecule has 0 bridgehead atoms. The van der Waals surface area contributed by atoms with Gasteiger partial charge in [-0.25, -0.2) is 9.98 Å². The van der Waals surface area contributed by atoms with Gasteiger partial charge < -0.3 is 15.1 Å². The molecule has 0 spiro atoms. The Morgan fingerprint density at radius 2 is 1.96 bits per heavy atom. The molecule has 1 saturated carbocycles. The van der Waals surface area contributed by atoms with Gasteiger partial charge in [0.05, 0.1) is 5.69 Å². The van der Waals surface area contributed by atoms with Crippen LogP contribution in [0.5, 0.6) is 0 Å². The predicted molar refractivity (Wildman–Crippen MR) is 110 cm³/mol. The van der Waals surface area contributed by atoms with Crippen LogP contribution < -0.4 is 10.6 Å². The predicted octanol–water partition coefficient (Wildman–Crippen LogP) is 4.17. The Bertz CT molecular complexity index is 768. The summed E-state index contributed by atoms with van der Waals surface area (Å²) in [5, 5.41) is 6.93. The van der Waals surface area contributed by atoms with Crippen molar-refractivity contribution in [1.29, 1.82) is 0 Å². The minimum atomic E-state index is 0.193. The van der Waals surface area contributed by atoms with Crippen LogP contribution in [0.3, 0.4) is 0 Å². The fraction of sp³-hybridized carbons (Fsp3) is 0.545. The summed E-state index contributed by atoms with van der Waals surface area (Å²) >= 11 is 0. The number of aliphatic imine (C=N–C) groups is 1. The molecule has 1 aliphatic carbocycles. The zero-order chi connectivity index (χ0) is 19.3. The molecule has 1 fully saturated rings. The number of oxazole rings is 1. The molecule has 5 heteroatoms. The van der Waals surface area contributed by atoms with Crippen LogP contribution in [0.2, 0.25) is 0 Å². The van der Waals surface area contributed by atoms with Crippen LogP contribution in [0, 0.1) is 20.8 Å². The van der Waals surface area contributed by atoms with E-state index in [2.05, 4.69) is 58.7 Å². The van der Waals surface area contributed by atoms with Crippen molar-refractivity contribution in [3.63, 3.8) is 0 Å². The maximum atomic E-state index is 5.65. The van der Waals surface area contributed by atoms with Crippen molar-refractivity contribution in [1.82, 2.24) is 15.6 Å². The maximum Gasteiger partial charge on any atom is 0.216 e. The molecule has 0 saturated heterocycles. The van der Waals surface area contributed by atoms with Gasteiger partial charge in [-0.3, -0.25) is 0 Å². The lowest BCUT2D eigenvalue weighted by Gasteiger charge is -2.31. The van der Waals surface area contributed by atoms with Gasteiger partial charge in [0.1, 0.15) is 12.3 Å². The largest absolute Gasteiger partial charge is 0.444 e. The van der Waals surface area contributed by atoms with E-state index in [-0.39, 0.29) is 5.41 Å². The lowest BCUT2D eigenvalue weighted by atomic mass is 9.78. The second-order valence-corrected chi connectivity index (χ2v) is 7.65. The number of hydrogen-bond donors (Lipinski definition) is 2. The minimum Gasteiger partial charge on any atom is -0.444 e. The van der Waals surface area contributed by atoms with E-state index < -0.39 is 0 Å². The summed E-state index contributed by atoms with van der Waals surface area (Å²) in [7, 11) is 0. The number of rotatable bonds is 6. The van der Waals surface area contributed by atoms with Gasteiger partial charge in [0.15, 0.2) is 5.96 Å². The van der Waals surface area contributed by atoms with Gasteiger partial charge in [0.2, 0.25) is 5.89 Å². The van der Waals surface area contributed by atoms with E-state index in [1.165, 1.54) is 36.8 Å². The fourth-order valence-corrected chi connectivity index (χ4v) is 3.94. The van der Waals surface area contributed by atoms with Crippen molar-refractivity contribution >= 4 is 5.96 Å². The van der Waals surface area contributed by atoms with Gasteiger partial charge in [-0.15, -0.1) is 0 Å². The van der Waals surface area contributed by atoms with E-state index in [1.807, 2.05) is 13.8 Å². The molecular formula is C22H32N4O. The van der Waals surface area contributed by atoms with E-state index in [0.29, 0.717) is 12.4 Å². The third-order valence-electron chi connectivity index (χ3n) is 5.57. The Labute approximate surface area is 162 Å². The van der Waals surface area contributed by atoms with Crippen LogP contribution in [0.15, 0.2) is 33.7 Å². The molecule has 1 aliphatic rings. The van der Waals surface area contributed by atoms with Gasteiger partial charge >= 0.3 is 0 Å². The molecule has 0 unspecified atom stereocenters. The van der Waals surface area contributed by atoms with Crippen molar-refractivity contribution in [3.05, 3.63) is 52.7 Å². The van der Waals surface area contributed by atoms with Gasteiger partial charge in [-0.1, -0.05) is 42.7 Å². The van der Waals surface area contributed by atoms with Crippen molar-refractivity contribution in [2.24, 2.45) is 4.99 Å². The summed E-state index contributed by atoms with van der Waals surface area (Å²) in [6.45, 7) is 10.3. The normalized spacial score (nSPS) is 16.5. The van der Waals surface area contributed by atoms with E-state index in [4.69, 9.17) is 4.42 Å². The SMILES string of the molecule is CCNC(=NCc1nc(C)c(C)o1)NCC1(c2cccc(C)c2)CCCC1. The van der Waals surface area contributed by atoms with E-state index in [0.717, 1.165) is 30.5 Å². The number of guanidine groups is 1. The van der Waals surface area contributed by atoms with Crippen LogP contribution in [-0.4, -0.2) is 24.0 Å². The van der Waals surface area contributed by atoms with Crippen molar-refractivity contribution in [2.75, 3.05) is 13.1 Å². The highest BCUT2D eigenvalue weighted by atomic mass is 16.4. The van der Waals surface area contributed by atoms with Gasteiger partial charge in [0, 0.05) is 18.5 Å². The number of aromatic nitrogens is 1. The summed E-state index contributed by atoms with van der Waals surface area (Å²) in [6.07, 6.45) is 5.03. The third-order valence-corrected chi connectivity index (χ3v) is 5.57. The molecule has 0 radical (unpaired) electrons. The first kappa shape index (κ1) is 19.5. The molecule has 2 N–H and O–H groups in total. The average Bonchev–Trinajstić information content (AvgIpc) is 3.25. The number of nitrogens with zero attached hydrogens (tertiary/aromatic N) is 2. The summed E-state index contributed by atoms with van der Waals surface area (Å²) < 4.78 is 5.65. The van der Waals surface area contributed by atoms with E-state index in [9.17, 15) is 0 Å². The Kier molecular flexibility index (Phi) is 6.19. The Morgan fingerprint density at radius 1 is 1.19 bits per heavy atom. The number of nitrogens with one attached hydrogen (secondary N) is 2. The van der Waals surface area contributed by atoms with Crippen molar-refractivity contribution in [2.45, 2.75) is 65.3 Å². The van der Waals surface area contributed by atoms with Gasteiger partial charge in [-0.05, 0) is 46.1 Å². The molecule has 2 aromatic rings.